The fourth-order valence-corrected chi connectivity index (χ4v) is 3.80. The number of likely N-dealkylation sites (tertiary alicyclic amines) is 1. The Bertz CT molecular complexity index is 480. The minimum Gasteiger partial charge on any atom is -0.328 e. The quantitative estimate of drug-likeness (QED) is 0.889. The molecule has 7 heteroatoms. The Balaban J connectivity index is 0.00000242. The molecule has 1 aromatic rings. The van der Waals surface area contributed by atoms with Crippen LogP contribution in [0, 0.1) is 5.92 Å². The minimum atomic E-state index is 0. The molecule has 1 aliphatic rings. The van der Waals surface area contributed by atoms with Gasteiger partial charge in [-0.15, -0.1) is 23.7 Å². The van der Waals surface area contributed by atoms with E-state index in [-0.39, 0.29) is 24.4 Å². The van der Waals surface area contributed by atoms with Crippen molar-refractivity contribution in [2.75, 3.05) is 24.5 Å². The van der Waals surface area contributed by atoms with Crippen molar-refractivity contribution in [3.8, 4) is 0 Å². The van der Waals surface area contributed by atoms with Crippen LogP contribution in [0.15, 0.2) is 5.38 Å². The van der Waals surface area contributed by atoms with Gasteiger partial charge in [0.05, 0.1) is 5.69 Å². The SMILES string of the molecule is CCN(C(C)=O)c1nc(CN2CCCC(C(C)N)C2)cs1.Cl. The molecule has 2 atom stereocenters. The number of amides is 1. The topological polar surface area (TPSA) is 62.5 Å². The van der Waals surface area contributed by atoms with Gasteiger partial charge in [0.15, 0.2) is 5.13 Å². The number of nitrogens with zero attached hydrogens (tertiary/aromatic N) is 3. The predicted molar refractivity (Wildman–Crippen MR) is 94.7 cm³/mol. The van der Waals surface area contributed by atoms with Gasteiger partial charge in [-0.05, 0) is 39.2 Å². The molecule has 0 radical (unpaired) electrons. The lowest BCUT2D eigenvalue weighted by molar-refractivity contribution is -0.116. The van der Waals surface area contributed by atoms with Crippen LogP contribution in [-0.2, 0) is 11.3 Å². The second-order valence-corrected chi connectivity index (χ2v) is 6.72. The van der Waals surface area contributed by atoms with Crippen LogP contribution in [0.3, 0.4) is 0 Å². The summed E-state index contributed by atoms with van der Waals surface area (Å²) in [7, 11) is 0. The van der Waals surface area contributed by atoms with Crippen LogP contribution in [0.1, 0.15) is 39.3 Å². The van der Waals surface area contributed by atoms with Gasteiger partial charge in [0.25, 0.3) is 0 Å². The Labute approximate surface area is 143 Å². The summed E-state index contributed by atoms with van der Waals surface area (Å²) in [6.07, 6.45) is 2.43. The van der Waals surface area contributed by atoms with Crippen molar-refractivity contribution < 1.29 is 4.79 Å². The number of aromatic nitrogens is 1. The third-order valence-electron chi connectivity index (χ3n) is 4.14. The van der Waals surface area contributed by atoms with Crippen molar-refractivity contribution in [3.63, 3.8) is 0 Å². The van der Waals surface area contributed by atoms with Gasteiger partial charge >= 0.3 is 0 Å². The van der Waals surface area contributed by atoms with E-state index in [0.29, 0.717) is 12.5 Å². The fourth-order valence-electron chi connectivity index (χ4n) is 2.88. The monoisotopic (exact) mass is 346 g/mol. The van der Waals surface area contributed by atoms with E-state index in [0.717, 1.165) is 30.5 Å². The number of rotatable bonds is 5. The smallest absolute Gasteiger partial charge is 0.225 e. The second-order valence-electron chi connectivity index (χ2n) is 5.88. The number of nitrogens with two attached hydrogens (primary N) is 1. The molecule has 22 heavy (non-hydrogen) atoms. The zero-order valence-corrected chi connectivity index (χ0v) is 15.3. The van der Waals surface area contributed by atoms with Crippen molar-refractivity contribution in [3.05, 3.63) is 11.1 Å². The molecule has 2 rings (SSSR count). The molecule has 1 amide bonds. The van der Waals surface area contributed by atoms with Crippen molar-refractivity contribution in [1.29, 1.82) is 0 Å². The number of thiazole rings is 1. The zero-order valence-electron chi connectivity index (χ0n) is 13.6. The Kier molecular flexibility index (Phi) is 7.76. The highest BCUT2D eigenvalue weighted by atomic mass is 35.5. The maximum atomic E-state index is 11.6. The molecule has 0 aliphatic carbocycles. The summed E-state index contributed by atoms with van der Waals surface area (Å²) in [4.78, 5) is 20.3. The number of carbonyl (C=O) groups is 1. The standard InChI is InChI=1S/C15H26N4OS.ClH/c1-4-19(12(3)20)15-17-14(10-21-15)9-18-7-5-6-13(8-18)11(2)16;/h10-11,13H,4-9,16H2,1-3H3;1H. The van der Waals surface area contributed by atoms with Crippen LogP contribution in [0.25, 0.3) is 0 Å². The molecule has 2 N–H and O–H groups in total. The Morgan fingerprint density at radius 2 is 2.36 bits per heavy atom. The lowest BCUT2D eigenvalue weighted by Gasteiger charge is -2.34. The van der Waals surface area contributed by atoms with E-state index in [2.05, 4.69) is 22.2 Å². The molecule has 1 fully saturated rings. The predicted octanol–water partition coefficient (Wildman–Crippen LogP) is 2.50. The first-order chi connectivity index (χ1) is 10.0. The van der Waals surface area contributed by atoms with Crippen molar-refractivity contribution in [1.82, 2.24) is 9.88 Å². The normalized spacial score (nSPS) is 20.3. The molecule has 0 bridgehead atoms. The van der Waals surface area contributed by atoms with Crippen LogP contribution >= 0.6 is 23.7 Å². The van der Waals surface area contributed by atoms with Gasteiger partial charge in [0.1, 0.15) is 0 Å². The van der Waals surface area contributed by atoms with Crippen molar-refractivity contribution in [2.45, 2.75) is 46.2 Å². The summed E-state index contributed by atoms with van der Waals surface area (Å²) in [5, 5.41) is 2.87. The fraction of sp³-hybridized carbons (Fsp3) is 0.733. The maximum Gasteiger partial charge on any atom is 0.225 e. The van der Waals surface area contributed by atoms with E-state index >= 15 is 0 Å². The number of carbonyl (C=O) groups excluding carboxylic acids is 1. The molecule has 1 aliphatic heterocycles. The van der Waals surface area contributed by atoms with E-state index < -0.39 is 0 Å². The minimum absolute atomic E-state index is 0. The highest BCUT2D eigenvalue weighted by Gasteiger charge is 2.23. The molecule has 2 heterocycles. The molecule has 1 saturated heterocycles. The lowest BCUT2D eigenvalue weighted by atomic mass is 9.92. The molecule has 2 unspecified atom stereocenters. The van der Waals surface area contributed by atoms with E-state index in [1.807, 2.05) is 6.92 Å². The van der Waals surface area contributed by atoms with E-state index in [1.165, 1.54) is 12.8 Å². The van der Waals surface area contributed by atoms with Gasteiger partial charge in [0, 0.05) is 38.0 Å². The van der Waals surface area contributed by atoms with E-state index in [9.17, 15) is 4.79 Å². The molecule has 0 saturated carbocycles. The average molecular weight is 347 g/mol. The molecule has 0 aromatic carbocycles. The van der Waals surface area contributed by atoms with Gasteiger partial charge in [-0.3, -0.25) is 14.6 Å². The zero-order chi connectivity index (χ0) is 15.4. The highest BCUT2D eigenvalue weighted by molar-refractivity contribution is 7.14. The summed E-state index contributed by atoms with van der Waals surface area (Å²) >= 11 is 1.55. The largest absolute Gasteiger partial charge is 0.328 e. The molecule has 126 valence electrons. The van der Waals surface area contributed by atoms with Crippen molar-refractivity contribution in [2.24, 2.45) is 11.7 Å². The molecular weight excluding hydrogens is 320 g/mol. The number of hydrogen-bond acceptors (Lipinski definition) is 5. The number of hydrogen-bond donors (Lipinski definition) is 1. The first-order valence-electron chi connectivity index (χ1n) is 7.71. The Morgan fingerprint density at radius 1 is 1.64 bits per heavy atom. The first-order valence-corrected chi connectivity index (χ1v) is 8.59. The number of anilines is 1. The Morgan fingerprint density at radius 3 is 2.95 bits per heavy atom. The number of piperidine rings is 1. The van der Waals surface area contributed by atoms with Crippen LogP contribution < -0.4 is 10.6 Å². The molecule has 1 aromatic heterocycles. The molecule has 5 nitrogen and oxygen atoms in total. The summed E-state index contributed by atoms with van der Waals surface area (Å²) in [6.45, 7) is 9.34. The van der Waals surface area contributed by atoms with Crippen LogP contribution in [0.2, 0.25) is 0 Å². The van der Waals surface area contributed by atoms with Gasteiger partial charge in [0.2, 0.25) is 5.91 Å². The van der Waals surface area contributed by atoms with E-state index in [1.54, 1.807) is 23.2 Å². The van der Waals surface area contributed by atoms with Crippen LogP contribution in [0.4, 0.5) is 5.13 Å². The third kappa shape index (κ3) is 4.91. The lowest BCUT2D eigenvalue weighted by Crippen LogP contribution is -2.42. The van der Waals surface area contributed by atoms with Crippen LogP contribution in [0.5, 0.6) is 0 Å². The number of halogens is 1. The second kappa shape index (κ2) is 8.82. The van der Waals surface area contributed by atoms with Gasteiger partial charge in [-0.1, -0.05) is 0 Å². The Hall–Kier alpha value is -0.690. The van der Waals surface area contributed by atoms with Gasteiger partial charge in [-0.25, -0.2) is 4.98 Å². The molecular formula is C15H27ClN4OS. The van der Waals surface area contributed by atoms with Crippen molar-refractivity contribution >= 4 is 34.8 Å². The van der Waals surface area contributed by atoms with E-state index in [4.69, 9.17) is 5.73 Å². The molecule has 0 spiro atoms. The first kappa shape index (κ1) is 19.4. The summed E-state index contributed by atoms with van der Waals surface area (Å²) < 4.78 is 0. The van der Waals surface area contributed by atoms with Gasteiger partial charge in [-0.2, -0.15) is 0 Å². The average Bonchev–Trinajstić information content (AvgIpc) is 2.87. The maximum absolute atomic E-state index is 11.6. The third-order valence-corrected chi connectivity index (χ3v) is 5.05. The van der Waals surface area contributed by atoms with Crippen LogP contribution in [-0.4, -0.2) is 41.5 Å². The summed E-state index contributed by atoms with van der Waals surface area (Å²) in [6, 6.07) is 0.257. The summed E-state index contributed by atoms with van der Waals surface area (Å²) in [5.74, 6) is 0.634. The van der Waals surface area contributed by atoms with Gasteiger partial charge < -0.3 is 5.73 Å². The summed E-state index contributed by atoms with van der Waals surface area (Å²) in [5.41, 5.74) is 7.09. The highest BCUT2D eigenvalue weighted by Crippen LogP contribution is 2.24.